The molecule has 0 atom stereocenters. The summed E-state index contributed by atoms with van der Waals surface area (Å²) in [6.45, 7) is 1.44. The minimum absolute atomic E-state index is 0.179. The highest BCUT2D eigenvalue weighted by Gasteiger charge is 2.16. The summed E-state index contributed by atoms with van der Waals surface area (Å²) in [6, 6.07) is 3.46. The van der Waals surface area contributed by atoms with E-state index >= 15 is 0 Å². The maximum Gasteiger partial charge on any atom is 0.295 e. The fraction of sp³-hybridized carbons (Fsp3) is 0.143. The van der Waals surface area contributed by atoms with E-state index in [1.54, 1.807) is 0 Å². The number of hydrogen-bond donors (Lipinski definition) is 1. The average Bonchev–Trinajstić information content (AvgIpc) is 2.00. The van der Waals surface area contributed by atoms with Gasteiger partial charge < -0.3 is 5.73 Å². The molecule has 0 amide bonds. The molecule has 0 saturated carbocycles. The zero-order valence-electron chi connectivity index (χ0n) is 6.30. The van der Waals surface area contributed by atoms with Crippen LogP contribution in [0.25, 0.3) is 0 Å². The summed E-state index contributed by atoms with van der Waals surface area (Å²) in [5.41, 5.74) is 4.45. The number of nitro groups is 1. The molecule has 0 bridgehead atoms. The third-order valence-corrected chi connectivity index (χ3v) is 1.46. The van der Waals surface area contributed by atoms with Gasteiger partial charge in [0.2, 0.25) is 0 Å². The summed E-state index contributed by atoms with van der Waals surface area (Å²) < 4.78 is 12.9. The lowest BCUT2D eigenvalue weighted by Gasteiger charge is -1.99. The maximum atomic E-state index is 12.9. The summed E-state index contributed by atoms with van der Waals surface area (Å²) in [6.07, 6.45) is 0. The molecule has 0 saturated heterocycles. The molecule has 1 aromatic rings. The lowest BCUT2D eigenvalue weighted by molar-refractivity contribution is -0.384. The first-order chi connectivity index (χ1) is 5.54. The lowest BCUT2D eigenvalue weighted by Crippen LogP contribution is -2.00. The second-order valence-corrected chi connectivity index (χ2v) is 2.28. The molecule has 0 aliphatic carbocycles. The van der Waals surface area contributed by atoms with E-state index in [-0.39, 0.29) is 5.56 Å². The van der Waals surface area contributed by atoms with E-state index < -0.39 is 22.1 Å². The molecule has 0 aromatic heterocycles. The molecule has 4 nitrogen and oxygen atoms in total. The Hall–Kier alpha value is -1.65. The Labute approximate surface area is 68.0 Å². The van der Waals surface area contributed by atoms with Gasteiger partial charge in [0.05, 0.1) is 4.92 Å². The first kappa shape index (κ1) is 8.45. The zero-order valence-corrected chi connectivity index (χ0v) is 6.30. The number of aryl methyl sites for hydroxylation is 1. The fourth-order valence-corrected chi connectivity index (χ4v) is 0.783. The number of nitrogens with zero attached hydrogens (tertiary/aromatic N) is 1. The van der Waals surface area contributed by atoms with Gasteiger partial charge in [0, 0.05) is 6.07 Å². The molecule has 5 heteroatoms. The number of nitrogens with two attached hydrogens (primary N) is 1. The Balaban J connectivity index is 3.36. The van der Waals surface area contributed by atoms with Crippen molar-refractivity contribution in [3.63, 3.8) is 0 Å². The summed E-state index contributed by atoms with van der Waals surface area (Å²) in [5.74, 6) is -0.774. The average molecular weight is 169 g/mol. The predicted octanol–water partition coefficient (Wildman–Crippen LogP) is 1.42. The molecule has 1 radical (unpaired) electrons. The predicted molar refractivity (Wildman–Crippen MR) is 41.0 cm³/mol. The Morgan fingerprint density at radius 1 is 1.75 bits per heavy atom. The number of anilines is 1. The normalized spacial score (nSPS) is 9.83. The fourth-order valence-electron chi connectivity index (χ4n) is 0.783. The molecule has 0 spiro atoms. The number of nitrogen functional groups attached to an aromatic ring is 1. The molecular weight excluding hydrogens is 163 g/mol. The van der Waals surface area contributed by atoms with Gasteiger partial charge in [-0.3, -0.25) is 10.1 Å². The molecule has 0 heterocycles. The summed E-state index contributed by atoms with van der Waals surface area (Å²) in [7, 11) is 0. The quantitative estimate of drug-likeness (QED) is 0.392. The van der Waals surface area contributed by atoms with Crippen molar-refractivity contribution in [2.75, 3.05) is 5.73 Å². The van der Waals surface area contributed by atoms with Crippen molar-refractivity contribution in [1.29, 1.82) is 0 Å². The molecule has 2 N–H and O–H groups in total. The Morgan fingerprint density at radius 2 is 2.33 bits per heavy atom. The van der Waals surface area contributed by atoms with Crippen LogP contribution in [0.3, 0.4) is 0 Å². The molecule has 0 aliphatic heterocycles. The second kappa shape index (κ2) is 2.77. The van der Waals surface area contributed by atoms with Crippen molar-refractivity contribution in [3.8, 4) is 0 Å². The molecule has 63 valence electrons. The first-order valence-electron chi connectivity index (χ1n) is 3.14. The van der Waals surface area contributed by atoms with Crippen molar-refractivity contribution in [2.24, 2.45) is 0 Å². The highest BCUT2D eigenvalue weighted by Crippen LogP contribution is 2.25. The van der Waals surface area contributed by atoms with E-state index in [0.717, 1.165) is 6.07 Å². The van der Waals surface area contributed by atoms with Crippen molar-refractivity contribution in [2.45, 2.75) is 6.92 Å². The van der Waals surface area contributed by atoms with E-state index in [4.69, 9.17) is 5.73 Å². The zero-order chi connectivity index (χ0) is 9.30. The van der Waals surface area contributed by atoms with E-state index in [9.17, 15) is 14.5 Å². The molecule has 0 aliphatic rings. The van der Waals surface area contributed by atoms with Gasteiger partial charge >= 0.3 is 0 Å². The minimum Gasteiger partial charge on any atom is -0.391 e. The number of benzene rings is 1. The minimum atomic E-state index is -0.774. The monoisotopic (exact) mass is 169 g/mol. The smallest absolute Gasteiger partial charge is 0.295 e. The third kappa shape index (κ3) is 1.20. The summed E-state index contributed by atoms with van der Waals surface area (Å²) in [4.78, 5) is 9.48. The molecule has 0 fully saturated rings. The largest absolute Gasteiger partial charge is 0.391 e. The van der Waals surface area contributed by atoms with Crippen molar-refractivity contribution in [1.82, 2.24) is 0 Å². The first-order valence-corrected chi connectivity index (χ1v) is 3.14. The van der Waals surface area contributed by atoms with E-state index in [1.807, 2.05) is 0 Å². The molecular formula is C7H6FN2O2. The standard InChI is InChI=1S/C7H6FN2O2/c1-4-2-3-5(10(11)12)7(9)6(4)8/h3H,9H2,1H3. The van der Waals surface area contributed by atoms with Crippen LogP contribution in [0.2, 0.25) is 0 Å². The van der Waals surface area contributed by atoms with Crippen molar-refractivity contribution >= 4 is 11.4 Å². The lowest BCUT2D eigenvalue weighted by atomic mass is 10.2. The van der Waals surface area contributed by atoms with Crippen LogP contribution in [0.5, 0.6) is 0 Å². The van der Waals surface area contributed by atoms with Gasteiger partial charge in [0.15, 0.2) is 5.82 Å². The van der Waals surface area contributed by atoms with Crippen LogP contribution in [-0.2, 0) is 0 Å². The molecule has 1 aromatic carbocycles. The van der Waals surface area contributed by atoms with Gasteiger partial charge in [-0.1, -0.05) is 0 Å². The highest BCUT2D eigenvalue weighted by molar-refractivity contribution is 5.59. The topological polar surface area (TPSA) is 69.2 Å². The van der Waals surface area contributed by atoms with Crippen molar-refractivity contribution < 1.29 is 9.31 Å². The van der Waals surface area contributed by atoms with Gasteiger partial charge in [-0.05, 0) is 18.6 Å². The number of nitro benzene ring substituents is 1. The SMILES string of the molecule is Cc1[c]cc([N+](=O)[O-])c(N)c1F. The van der Waals surface area contributed by atoms with Gasteiger partial charge in [0.1, 0.15) is 5.69 Å². The van der Waals surface area contributed by atoms with Crippen LogP contribution < -0.4 is 5.73 Å². The van der Waals surface area contributed by atoms with Gasteiger partial charge in [0.25, 0.3) is 5.69 Å². The van der Waals surface area contributed by atoms with Crippen LogP contribution in [-0.4, -0.2) is 4.92 Å². The number of rotatable bonds is 1. The van der Waals surface area contributed by atoms with Crippen LogP contribution in [0.4, 0.5) is 15.8 Å². The Kier molecular flexibility index (Phi) is 1.95. The molecule has 1 rings (SSSR count). The summed E-state index contributed by atoms with van der Waals surface area (Å²) in [5, 5.41) is 10.2. The second-order valence-electron chi connectivity index (χ2n) is 2.28. The number of hydrogen-bond acceptors (Lipinski definition) is 3. The van der Waals surface area contributed by atoms with Gasteiger partial charge in [-0.25, -0.2) is 4.39 Å². The van der Waals surface area contributed by atoms with Crippen LogP contribution in [0.15, 0.2) is 6.07 Å². The van der Waals surface area contributed by atoms with Crippen LogP contribution >= 0.6 is 0 Å². The van der Waals surface area contributed by atoms with Crippen LogP contribution in [0.1, 0.15) is 5.56 Å². The third-order valence-electron chi connectivity index (χ3n) is 1.46. The van der Waals surface area contributed by atoms with Gasteiger partial charge in [-0.2, -0.15) is 0 Å². The number of halogens is 1. The molecule has 12 heavy (non-hydrogen) atoms. The van der Waals surface area contributed by atoms with E-state index in [2.05, 4.69) is 6.07 Å². The van der Waals surface area contributed by atoms with Crippen LogP contribution in [0, 0.1) is 28.9 Å². The maximum absolute atomic E-state index is 12.9. The van der Waals surface area contributed by atoms with Crippen molar-refractivity contribution in [3.05, 3.63) is 33.6 Å². The van der Waals surface area contributed by atoms with E-state index in [0.29, 0.717) is 0 Å². The highest BCUT2D eigenvalue weighted by atomic mass is 19.1. The Bertz CT molecular complexity index is 338. The van der Waals surface area contributed by atoms with E-state index in [1.165, 1.54) is 6.92 Å². The Morgan fingerprint density at radius 3 is 2.83 bits per heavy atom. The summed E-state index contributed by atoms with van der Waals surface area (Å²) >= 11 is 0. The van der Waals surface area contributed by atoms with Gasteiger partial charge in [-0.15, -0.1) is 0 Å². The molecule has 0 unspecified atom stereocenters.